The van der Waals surface area contributed by atoms with Crippen molar-refractivity contribution in [3.8, 4) is 0 Å². The molecule has 0 saturated heterocycles. The van der Waals surface area contributed by atoms with Crippen molar-refractivity contribution in [3.63, 3.8) is 0 Å². The molecule has 4 aromatic rings. The predicted octanol–water partition coefficient (Wildman–Crippen LogP) is 6.75. The summed E-state index contributed by atoms with van der Waals surface area (Å²) in [4.78, 5) is 22.9. The van der Waals surface area contributed by atoms with E-state index < -0.39 is 9.92 Å². The molecule has 8 nitrogen and oxygen atoms in total. The number of nitro groups is 1. The minimum absolute atomic E-state index is 0.0703. The summed E-state index contributed by atoms with van der Waals surface area (Å²) in [5.41, 5.74) is 6.93. The molecule has 2 aliphatic heterocycles. The third-order valence-electron chi connectivity index (χ3n) is 6.97. The molecular weight excluding hydrogens is 522 g/mol. The quantitative estimate of drug-likeness (QED) is 0.203. The number of anilines is 2. The van der Waals surface area contributed by atoms with Crippen LogP contribution in [0.5, 0.6) is 0 Å². The number of fused-ring (bicyclic) bond motifs is 2. The third-order valence-corrected chi connectivity index (χ3v) is 8.39. The highest BCUT2D eigenvalue weighted by Crippen LogP contribution is 2.55. The topological polar surface area (TPSA) is 91.4 Å². The zero-order valence-electron chi connectivity index (χ0n) is 22.1. The SMILES string of the molecule is CC(=O)C1=NN(c2cccc([N+](=O)[O-])c2)C2(S1)c1ccccc1C(c1cc(C)ccc1C)=NN2c1ccccc1. The Labute approximate surface area is 235 Å². The van der Waals surface area contributed by atoms with Crippen LogP contribution in [0.4, 0.5) is 17.1 Å². The number of hydrogen-bond acceptors (Lipinski definition) is 8. The van der Waals surface area contributed by atoms with Crippen LogP contribution in [0.2, 0.25) is 0 Å². The summed E-state index contributed by atoms with van der Waals surface area (Å²) in [6.45, 7) is 5.59. The van der Waals surface area contributed by atoms with Crippen molar-refractivity contribution in [2.75, 3.05) is 10.0 Å². The van der Waals surface area contributed by atoms with Crippen LogP contribution in [0, 0.1) is 24.0 Å². The van der Waals surface area contributed by atoms with Gasteiger partial charge in [0.2, 0.25) is 4.99 Å². The van der Waals surface area contributed by atoms with Crippen molar-refractivity contribution in [1.82, 2.24) is 0 Å². The van der Waals surface area contributed by atoms with Gasteiger partial charge in [-0.3, -0.25) is 14.9 Å². The predicted molar refractivity (Wildman–Crippen MR) is 160 cm³/mol. The molecule has 0 saturated carbocycles. The summed E-state index contributed by atoms with van der Waals surface area (Å²) in [6, 6.07) is 30.3. The summed E-state index contributed by atoms with van der Waals surface area (Å²) in [5, 5.41) is 25.6. The zero-order chi connectivity index (χ0) is 28.0. The Morgan fingerprint density at radius 2 is 1.52 bits per heavy atom. The Balaban J connectivity index is 1.68. The number of Topliss-reactive ketones (excluding diaryl/α,β-unsaturated/α-hetero) is 1. The van der Waals surface area contributed by atoms with Crippen molar-refractivity contribution in [2.45, 2.75) is 25.8 Å². The molecule has 0 aromatic heterocycles. The van der Waals surface area contributed by atoms with Crippen LogP contribution in [-0.2, 0) is 9.79 Å². The molecular formula is C31H25N5O3S. The van der Waals surface area contributed by atoms with E-state index in [1.807, 2.05) is 59.6 Å². The number of rotatable bonds is 5. The Morgan fingerprint density at radius 3 is 2.27 bits per heavy atom. The fourth-order valence-electron chi connectivity index (χ4n) is 5.07. The number of aryl methyl sites for hydroxylation is 2. The van der Waals surface area contributed by atoms with Gasteiger partial charge in [-0.05, 0) is 55.4 Å². The maximum atomic E-state index is 12.8. The second-order valence-corrected chi connectivity index (χ2v) is 10.9. The lowest BCUT2D eigenvalue weighted by atomic mass is 9.90. The highest BCUT2D eigenvalue weighted by atomic mass is 32.2. The number of thioether (sulfide) groups is 1. The van der Waals surface area contributed by atoms with Crippen LogP contribution < -0.4 is 10.0 Å². The van der Waals surface area contributed by atoms with E-state index in [2.05, 4.69) is 32.0 Å². The molecule has 0 aliphatic carbocycles. The maximum absolute atomic E-state index is 12.8. The van der Waals surface area contributed by atoms with Gasteiger partial charge in [0.25, 0.3) is 5.69 Å². The number of hydrazone groups is 2. The van der Waals surface area contributed by atoms with Crippen molar-refractivity contribution < 1.29 is 9.72 Å². The van der Waals surface area contributed by atoms with Crippen LogP contribution in [0.25, 0.3) is 0 Å². The minimum Gasteiger partial charge on any atom is -0.292 e. The molecule has 1 spiro atoms. The Hall–Kier alpha value is -4.76. The van der Waals surface area contributed by atoms with E-state index in [1.165, 1.54) is 30.8 Å². The normalized spacial score (nSPS) is 17.9. The fourth-order valence-corrected chi connectivity index (χ4v) is 6.36. The number of benzene rings is 4. The molecule has 0 radical (unpaired) electrons. The minimum atomic E-state index is -1.17. The van der Waals surface area contributed by atoms with Crippen LogP contribution in [0.15, 0.2) is 107 Å². The maximum Gasteiger partial charge on any atom is 0.271 e. The van der Waals surface area contributed by atoms with E-state index in [1.54, 1.807) is 17.1 Å². The molecule has 6 rings (SSSR count). The van der Waals surface area contributed by atoms with Gasteiger partial charge in [0, 0.05) is 35.7 Å². The lowest BCUT2D eigenvalue weighted by Gasteiger charge is -2.47. The van der Waals surface area contributed by atoms with Gasteiger partial charge in [-0.2, -0.15) is 10.2 Å². The highest BCUT2D eigenvalue weighted by molar-refractivity contribution is 8.17. The molecule has 2 heterocycles. The monoisotopic (exact) mass is 547 g/mol. The van der Waals surface area contributed by atoms with Crippen molar-refractivity contribution in [3.05, 3.63) is 135 Å². The number of non-ortho nitro benzene ring substituents is 1. The third kappa shape index (κ3) is 4.06. The van der Waals surface area contributed by atoms with E-state index in [0.29, 0.717) is 5.69 Å². The Morgan fingerprint density at radius 1 is 0.825 bits per heavy atom. The van der Waals surface area contributed by atoms with Crippen LogP contribution in [0.1, 0.15) is 34.7 Å². The molecule has 9 heteroatoms. The number of carbonyl (C=O) groups is 1. The van der Waals surface area contributed by atoms with Gasteiger partial charge in [-0.1, -0.05) is 66.2 Å². The fraction of sp³-hybridized carbons (Fsp3) is 0.129. The molecule has 198 valence electrons. The number of hydrogen-bond donors (Lipinski definition) is 0. The second kappa shape index (κ2) is 9.77. The van der Waals surface area contributed by atoms with Gasteiger partial charge in [0.1, 0.15) is 0 Å². The summed E-state index contributed by atoms with van der Waals surface area (Å²) in [5.74, 6) is -0.202. The summed E-state index contributed by atoms with van der Waals surface area (Å²) in [7, 11) is 0. The number of carbonyl (C=O) groups excluding carboxylic acids is 1. The first kappa shape index (κ1) is 25.5. The number of ketones is 1. The molecule has 40 heavy (non-hydrogen) atoms. The van der Waals surface area contributed by atoms with Crippen molar-refractivity contribution in [2.24, 2.45) is 10.2 Å². The van der Waals surface area contributed by atoms with Gasteiger partial charge in [0.15, 0.2) is 10.8 Å². The molecule has 0 amide bonds. The molecule has 0 N–H and O–H groups in total. The van der Waals surface area contributed by atoms with Crippen LogP contribution in [0.3, 0.4) is 0 Å². The molecule has 1 unspecified atom stereocenters. The Bertz CT molecular complexity index is 1740. The van der Waals surface area contributed by atoms with E-state index in [9.17, 15) is 14.9 Å². The lowest BCUT2D eigenvalue weighted by Crippen LogP contribution is -2.54. The second-order valence-electron chi connectivity index (χ2n) is 9.72. The highest BCUT2D eigenvalue weighted by Gasteiger charge is 2.56. The number of nitro benzene ring substituents is 1. The Kier molecular flexibility index (Phi) is 6.23. The molecule has 2 aliphatic rings. The van der Waals surface area contributed by atoms with E-state index in [0.717, 1.165) is 39.2 Å². The smallest absolute Gasteiger partial charge is 0.271 e. The first-order valence-corrected chi connectivity index (χ1v) is 13.6. The van der Waals surface area contributed by atoms with Crippen molar-refractivity contribution >= 4 is 45.4 Å². The van der Waals surface area contributed by atoms with Crippen LogP contribution in [-0.4, -0.2) is 21.5 Å². The zero-order valence-corrected chi connectivity index (χ0v) is 22.9. The van der Waals surface area contributed by atoms with Gasteiger partial charge >= 0.3 is 0 Å². The molecule has 1 atom stereocenters. The lowest BCUT2D eigenvalue weighted by molar-refractivity contribution is -0.384. The molecule has 0 fully saturated rings. The number of nitrogens with zero attached hydrogens (tertiary/aromatic N) is 5. The summed E-state index contributed by atoms with van der Waals surface area (Å²) >= 11 is 1.28. The molecule has 4 aromatic carbocycles. The molecule has 0 bridgehead atoms. The van der Waals surface area contributed by atoms with Crippen LogP contribution >= 0.6 is 11.8 Å². The average molecular weight is 548 g/mol. The average Bonchev–Trinajstić information content (AvgIpc) is 3.37. The van der Waals surface area contributed by atoms with Gasteiger partial charge in [0.05, 0.1) is 22.0 Å². The van der Waals surface area contributed by atoms with Gasteiger partial charge in [-0.25, -0.2) is 10.0 Å². The van der Waals surface area contributed by atoms with Crippen molar-refractivity contribution in [1.29, 1.82) is 0 Å². The largest absolute Gasteiger partial charge is 0.292 e. The first-order valence-electron chi connectivity index (χ1n) is 12.7. The van der Waals surface area contributed by atoms with E-state index >= 15 is 0 Å². The first-order chi connectivity index (χ1) is 19.3. The summed E-state index contributed by atoms with van der Waals surface area (Å²) < 4.78 is 0. The van der Waals surface area contributed by atoms with E-state index in [-0.39, 0.29) is 16.5 Å². The van der Waals surface area contributed by atoms with Gasteiger partial charge < -0.3 is 0 Å². The summed E-state index contributed by atoms with van der Waals surface area (Å²) in [6.07, 6.45) is 0. The van der Waals surface area contributed by atoms with Gasteiger partial charge in [-0.15, -0.1) is 0 Å². The number of para-hydroxylation sites is 1. The standard InChI is InChI=1S/C31H25N5O3S/c1-20-16-17-21(2)27(18-20)29-26-14-7-8-15-28(26)31(34(32-29)23-10-5-4-6-11-23)35(33-30(40-31)22(3)37)24-12-9-13-25(19-24)36(38)39/h4-19H,1-3H3. The van der Waals surface area contributed by atoms with E-state index in [4.69, 9.17) is 10.2 Å².